The molecule has 0 unspecified atom stereocenters. The highest BCUT2D eigenvalue weighted by Crippen LogP contribution is 2.11. The van der Waals surface area contributed by atoms with Gasteiger partial charge in [0.15, 0.2) is 0 Å². The molecule has 2 N–H and O–H groups in total. The Morgan fingerprint density at radius 1 is 1.45 bits per heavy atom. The van der Waals surface area contributed by atoms with Gasteiger partial charge < -0.3 is 5.73 Å². The van der Waals surface area contributed by atoms with Gasteiger partial charge in [-0.15, -0.1) is 12.6 Å². The van der Waals surface area contributed by atoms with Crippen LogP contribution in [0.2, 0.25) is 0 Å². The van der Waals surface area contributed by atoms with Gasteiger partial charge in [-0.3, -0.25) is 4.40 Å². The second-order valence-corrected chi connectivity index (χ2v) is 2.81. The molecule has 0 aromatic carbocycles. The predicted molar refractivity (Wildman–Crippen MR) is 46.9 cm³/mol. The molecule has 4 heteroatoms. The van der Waals surface area contributed by atoms with Crippen molar-refractivity contribution in [2.75, 3.05) is 5.73 Å². The third-order valence-corrected chi connectivity index (χ3v) is 1.78. The van der Waals surface area contributed by atoms with Crippen LogP contribution in [0, 0.1) is 0 Å². The summed E-state index contributed by atoms with van der Waals surface area (Å²) in [5, 5.41) is 0. The van der Waals surface area contributed by atoms with Crippen LogP contribution in [-0.4, -0.2) is 9.38 Å². The minimum absolute atomic E-state index is 0.635. The normalized spacial score (nSPS) is 10.6. The number of nitrogens with two attached hydrogens (primary N) is 1. The quantitative estimate of drug-likeness (QED) is 0.576. The first-order chi connectivity index (χ1) is 5.27. The summed E-state index contributed by atoms with van der Waals surface area (Å²) in [7, 11) is 0. The lowest BCUT2D eigenvalue weighted by atomic mass is 10.5. The van der Waals surface area contributed by atoms with Crippen molar-refractivity contribution in [1.29, 1.82) is 0 Å². The van der Waals surface area contributed by atoms with Gasteiger partial charge in [0.05, 0.1) is 6.20 Å². The van der Waals surface area contributed by atoms with Crippen LogP contribution in [0.4, 0.5) is 5.82 Å². The molecule has 0 radical (unpaired) electrons. The SMILES string of the molecule is Nc1cnc2ccc(S)cn12. The number of hydrogen-bond donors (Lipinski definition) is 2. The minimum atomic E-state index is 0.635. The number of hydrogen-bond acceptors (Lipinski definition) is 3. The van der Waals surface area contributed by atoms with Crippen molar-refractivity contribution in [3.8, 4) is 0 Å². The maximum Gasteiger partial charge on any atom is 0.138 e. The Labute approximate surface area is 69.3 Å². The maximum absolute atomic E-state index is 5.61. The Hall–Kier alpha value is -1.16. The lowest BCUT2D eigenvalue weighted by molar-refractivity contribution is 1.14. The van der Waals surface area contributed by atoms with Crippen molar-refractivity contribution < 1.29 is 0 Å². The summed E-state index contributed by atoms with van der Waals surface area (Å²) in [6, 6.07) is 3.75. The van der Waals surface area contributed by atoms with Gasteiger partial charge >= 0.3 is 0 Å². The standard InChI is InChI=1S/C7H7N3S/c8-6-3-9-7-2-1-5(11)4-10(6)7/h1-4,11H,8H2. The molecule has 0 spiro atoms. The van der Waals surface area contributed by atoms with Crippen LogP contribution in [0.15, 0.2) is 29.4 Å². The second kappa shape index (κ2) is 2.17. The molecule has 0 aliphatic rings. The fourth-order valence-electron chi connectivity index (χ4n) is 0.988. The molecule has 2 aromatic heterocycles. The van der Waals surface area contributed by atoms with E-state index in [0.29, 0.717) is 5.82 Å². The van der Waals surface area contributed by atoms with Crippen molar-refractivity contribution >= 4 is 24.1 Å². The third kappa shape index (κ3) is 0.952. The summed E-state index contributed by atoms with van der Waals surface area (Å²) in [5.41, 5.74) is 6.46. The van der Waals surface area contributed by atoms with Crippen molar-refractivity contribution in [3.05, 3.63) is 24.5 Å². The Bertz CT molecular complexity index is 393. The summed E-state index contributed by atoms with van der Waals surface area (Å²) in [5.74, 6) is 0.635. The first-order valence-corrected chi connectivity index (χ1v) is 3.63. The van der Waals surface area contributed by atoms with Crippen LogP contribution in [0.5, 0.6) is 0 Å². The Morgan fingerprint density at radius 2 is 2.27 bits per heavy atom. The Balaban J connectivity index is 2.87. The Morgan fingerprint density at radius 3 is 3.09 bits per heavy atom. The minimum Gasteiger partial charge on any atom is -0.383 e. The zero-order valence-corrected chi connectivity index (χ0v) is 6.62. The number of fused-ring (bicyclic) bond motifs is 1. The highest BCUT2D eigenvalue weighted by atomic mass is 32.1. The number of nitrogens with zero attached hydrogens (tertiary/aromatic N) is 2. The molecule has 56 valence electrons. The fourth-order valence-corrected chi connectivity index (χ4v) is 1.18. The number of aromatic nitrogens is 2. The molecule has 11 heavy (non-hydrogen) atoms. The molecule has 0 aliphatic carbocycles. The smallest absolute Gasteiger partial charge is 0.138 e. The molecule has 0 atom stereocenters. The summed E-state index contributed by atoms with van der Waals surface area (Å²) in [6.07, 6.45) is 3.46. The van der Waals surface area contributed by atoms with Gasteiger partial charge in [0.1, 0.15) is 11.5 Å². The van der Waals surface area contributed by atoms with E-state index in [9.17, 15) is 0 Å². The lowest BCUT2D eigenvalue weighted by Gasteiger charge is -1.95. The van der Waals surface area contributed by atoms with Crippen molar-refractivity contribution in [3.63, 3.8) is 0 Å². The van der Waals surface area contributed by atoms with Crippen LogP contribution in [0.1, 0.15) is 0 Å². The molecule has 2 heterocycles. The lowest BCUT2D eigenvalue weighted by Crippen LogP contribution is -1.91. The van der Waals surface area contributed by atoms with Gasteiger partial charge in [-0.05, 0) is 12.1 Å². The van der Waals surface area contributed by atoms with Crippen LogP contribution in [0.25, 0.3) is 5.65 Å². The third-order valence-electron chi connectivity index (χ3n) is 1.52. The van der Waals surface area contributed by atoms with Crippen LogP contribution < -0.4 is 5.73 Å². The zero-order chi connectivity index (χ0) is 7.84. The molecule has 0 fully saturated rings. The van der Waals surface area contributed by atoms with E-state index in [2.05, 4.69) is 17.6 Å². The summed E-state index contributed by atoms with van der Waals surface area (Å²) in [6.45, 7) is 0. The van der Waals surface area contributed by atoms with E-state index in [0.717, 1.165) is 10.5 Å². The summed E-state index contributed by atoms with van der Waals surface area (Å²) in [4.78, 5) is 4.94. The summed E-state index contributed by atoms with van der Waals surface area (Å²) >= 11 is 4.18. The topological polar surface area (TPSA) is 43.3 Å². The predicted octanol–water partition coefficient (Wildman–Crippen LogP) is 1.21. The van der Waals surface area contributed by atoms with Crippen molar-refractivity contribution in [1.82, 2.24) is 9.38 Å². The number of anilines is 1. The number of thiol groups is 1. The monoisotopic (exact) mass is 165 g/mol. The molecule has 2 rings (SSSR count). The fraction of sp³-hybridized carbons (Fsp3) is 0. The van der Waals surface area contributed by atoms with Gasteiger partial charge in [0.2, 0.25) is 0 Å². The highest BCUT2D eigenvalue weighted by Gasteiger charge is 1.97. The number of pyridine rings is 1. The van der Waals surface area contributed by atoms with Crippen LogP contribution in [0.3, 0.4) is 0 Å². The molecular formula is C7H7N3S. The molecule has 0 aliphatic heterocycles. The summed E-state index contributed by atoms with van der Waals surface area (Å²) < 4.78 is 1.79. The average Bonchev–Trinajstić information content (AvgIpc) is 2.33. The molecule has 0 amide bonds. The van der Waals surface area contributed by atoms with Crippen molar-refractivity contribution in [2.45, 2.75) is 4.90 Å². The molecule has 0 saturated carbocycles. The first kappa shape index (κ1) is 6.54. The van der Waals surface area contributed by atoms with E-state index in [1.165, 1.54) is 0 Å². The van der Waals surface area contributed by atoms with E-state index >= 15 is 0 Å². The van der Waals surface area contributed by atoms with Crippen LogP contribution in [-0.2, 0) is 0 Å². The highest BCUT2D eigenvalue weighted by molar-refractivity contribution is 7.80. The molecule has 3 nitrogen and oxygen atoms in total. The largest absolute Gasteiger partial charge is 0.383 e. The zero-order valence-electron chi connectivity index (χ0n) is 5.73. The van der Waals surface area contributed by atoms with E-state index < -0.39 is 0 Å². The van der Waals surface area contributed by atoms with Gasteiger partial charge in [-0.25, -0.2) is 4.98 Å². The Kier molecular flexibility index (Phi) is 1.29. The van der Waals surface area contributed by atoms with E-state index in [1.807, 2.05) is 18.3 Å². The van der Waals surface area contributed by atoms with Crippen LogP contribution >= 0.6 is 12.6 Å². The van der Waals surface area contributed by atoms with E-state index in [4.69, 9.17) is 5.73 Å². The van der Waals surface area contributed by atoms with Crippen molar-refractivity contribution in [2.24, 2.45) is 0 Å². The van der Waals surface area contributed by atoms with E-state index in [1.54, 1.807) is 10.6 Å². The number of imidazole rings is 1. The first-order valence-electron chi connectivity index (χ1n) is 3.19. The van der Waals surface area contributed by atoms with Gasteiger partial charge in [-0.2, -0.15) is 0 Å². The number of rotatable bonds is 0. The maximum atomic E-state index is 5.61. The molecule has 0 saturated heterocycles. The molecular weight excluding hydrogens is 158 g/mol. The molecule has 2 aromatic rings. The second-order valence-electron chi connectivity index (χ2n) is 2.30. The van der Waals surface area contributed by atoms with Gasteiger partial charge in [0, 0.05) is 11.1 Å². The van der Waals surface area contributed by atoms with Gasteiger partial charge in [-0.1, -0.05) is 0 Å². The molecule has 0 bridgehead atoms. The number of nitrogen functional groups attached to an aromatic ring is 1. The van der Waals surface area contributed by atoms with Gasteiger partial charge in [0.25, 0.3) is 0 Å². The van der Waals surface area contributed by atoms with E-state index in [-0.39, 0.29) is 0 Å². The average molecular weight is 165 g/mol.